The highest BCUT2D eigenvalue weighted by molar-refractivity contribution is 9.10. The standard InChI is InChI=1S/C16H12BrF5N2O/c1-7(2)25-10-4-3-9(17)5-8(10)6-23-24-16-14(21)12(19)11(18)13(20)15(16)22/h3-7,24H,1-2H3/b23-6+. The summed E-state index contributed by atoms with van der Waals surface area (Å²) in [6.45, 7) is 3.60. The van der Waals surface area contributed by atoms with E-state index in [4.69, 9.17) is 4.74 Å². The van der Waals surface area contributed by atoms with Gasteiger partial charge >= 0.3 is 0 Å². The lowest BCUT2D eigenvalue weighted by molar-refractivity contribution is 0.242. The molecule has 0 aromatic heterocycles. The van der Waals surface area contributed by atoms with Gasteiger partial charge < -0.3 is 4.74 Å². The highest BCUT2D eigenvalue weighted by Crippen LogP contribution is 2.27. The summed E-state index contributed by atoms with van der Waals surface area (Å²) in [5.41, 5.74) is 1.03. The molecule has 0 spiro atoms. The minimum absolute atomic E-state index is 0.142. The molecular weight excluding hydrogens is 411 g/mol. The predicted octanol–water partition coefficient (Wildman–Crippen LogP) is 5.38. The van der Waals surface area contributed by atoms with E-state index in [0.29, 0.717) is 15.8 Å². The molecule has 0 bridgehead atoms. The summed E-state index contributed by atoms with van der Waals surface area (Å²) in [7, 11) is 0. The lowest BCUT2D eigenvalue weighted by Crippen LogP contribution is -2.08. The highest BCUT2D eigenvalue weighted by Gasteiger charge is 2.25. The largest absolute Gasteiger partial charge is 0.490 e. The molecule has 1 N–H and O–H groups in total. The Kier molecular flexibility index (Phi) is 5.99. The maximum Gasteiger partial charge on any atom is 0.200 e. The predicted molar refractivity (Wildman–Crippen MR) is 87.4 cm³/mol. The fourth-order valence-corrected chi connectivity index (χ4v) is 2.23. The Balaban J connectivity index is 2.32. The summed E-state index contributed by atoms with van der Waals surface area (Å²) in [5, 5.41) is 3.54. The van der Waals surface area contributed by atoms with Gasteiger partial charge in [-0.1, -0.05) is 15.9 Å². The maximum atomic E-state index is 13.6. The van der Waals surface area contributed by atoms with E-state index in [1.807, 2.05) is 5.43 Å². The molecule has 2 aromatic carbocycles. The van der Waals surface area contributed by atoms with Crippen molar-refractivity contribution in [3.8, 4) is 5.75 Å². The summed E-state index contributed by atoms with van der Waals surface area (Å²) < 4.78 is 72.6. The number of benzene rings is 2. The monoisotopic (exact) mass is 422 g/mol. The summed E-state index contributed by atoms with van der Waals surface area (Å²) >= 11 is 3.25. The molecule has 3 nitrogen and oxygen atoms in total. The maximum absolute atomic E-state index is 13.6. The van der Waals surface area contributed by atoms with Crippen molar-refractivity contribution in [1.82, 2.24) is 0 Å². The van der Waals surface area contributed by atoms with Gasteiger partial charge in [-0.05, 0) is 32.0 Å². The molecule has 0 amide bonds. The van der Waals surface area contributed by atoms with Crippen LogP contribution in [-0.2, 0) is 0 Å². The first-order chi connectivity index (χ1) is 11.7. The molecule has 2 aromatic rings. The van der Waals surface area contributed by atoms with Gasteiger partial charge in [0.2, 0.25) is 5.82 Å². The van der Waals surface area contributed by atoms with Crippen LogP contribution in [0.4, 0.5) is 27.6 Å². The third-order valence-corrected chi connectivity index (χ3v) is 3.42. The van der Waals surface area contributed by atoms with E-state index in [1.54, 1.807) is 32.0 Å². The van der Waals surface area contributed by atoms with E-state index in [2.05, 4.69) is 21.0 Å². The minimum atomic E-state index is -2.23. The number of halogens is 6. The van der Waals surface area contributed by atoms with Crippen molar-refractivity contribution in [3.63, 3.8) is 0 Å². The van der Waals surface area contributed by atoms with Crippen LogP contribution < -0.4 is 10.2 Å². The van der Waals surface area contributed by atoms with Crippen LogP contribution in [0.5, 0.6) is 5.75 Å². The molecule has 25 heavy (non-hydrogen) atoms. The fraction of sp³-hybridized carbons (Fsp3) is 0.188. The fourth-order valence-electron chi connectivity index (χ4n) is 1.85. The summed E-state index contributed by atoms with van der Waals surface area (Å²) in [6, 6.07) is 4.97. The van der Waals surface area contributed by atoms with Crippen LogP contribution in [0.2, 0.25) is 0 Å². The smallest absolute Gasteiger partial charge is 0.200 e. The van der Waals surface area contributed by atoms with Crippen LogP contribution in [0.25, 0.3) is 0 Å². The third kappa shape index (κ3) is 4.28. The molecule has 0 fully saturated rings. The first-order valence-electron chi connectivity index (χ1n) is 6.99. The number of rotatable bonds is 5. The van der Waals surface area contributed by atoms with Gasteiger partial charge in [0.15, 0.2) is 23.3 Å². The van der Waals surface area contributed by atoms with E-state index < -0.39 is 34.8 Å². The lowest BCUT2D eigenvalue weighted by Gasteiger charge is -2.12. The van der Waals surface area contributed by atoms with Crippen LogP contribution in [-0.4, -0.2) is 12.3 Å². The number of anilines is 1. The Bertz CT molecular complexity index is 798. The van der Waals surface area contributed by atoms with E-state index in [9.17, 15) is 22.0 Å². The molecule has 0 atom stereocenters. The molecule has 9 heteroatoms. The van der Waals surface area contributed by atoms with Crippen LogP contribution in [0.15, 0.2) is 27.8 Å². The van der Waals surface area contributed by atoms with Gasteiger partial charge in [0.05, 0.1) is 12.3 Å². The molecule has 0 saturated carbocycles. The van der Waals surface area contributed by atoms with Gasteiger partial charge in [-0.15, -0.1) is 0 Å². The first kappa shape index (κ1) is 19.2. The van der Waals surface area contributed by atoms with Crippen LogP contribution >= 0.6 is 15.9 Å². The quantitative estimate of drug-likeness (QED) is 0.231. The molecule has 134 valence electrons. The Morgan fingerprint density at radius 3 is 2.12 bits per heavy atom. The summed E-state index contributed by atoms with van der Waals surface area (Å²) in [5.74, 6) is -9.90. The third-order valence-electron chi connectivity index (χ3n) is 2.92. The molecule has 2 rings (SSSR count). The second-order valence-corrected chi connectivity index (χ2v) is 6.08. The van der Waals surface area contributed by atoms with Crippen molar-refractivity contribution in [2.45, 2.75) is 20.0 Å². The lowest BCUT2D eigenvalue weighted by atomic mass is 10.2. The first-order valence-corrected chi connectivity index (χ1v) is 7.78. The van der Waals surface area contributed by atoms with Gasteiger partial charge in [-0.2, -0.15) is 5.10 Å². The van der Waals surface area contributed by atoms with Gasteiger partial charge in [-0.25, -0.2) is 22.0 Å². The van der Waals surface area contributed by atoms with Crippen LogP contribution in [0.3, 0.4) is 0 Å². The number of hydrogen-bond donors (Lipinski definition) is 1. The van der Waals surface area contributed by atoms with Crippen molar-refractivity contribution in [2.24, 2.45) is 5.10 Å². The van der Waals surface area contributed by atoms with Gasteiger partial charge in [0.25, 0.3) is 0 Å². The van der Waals surface area contributed by atoms with E-state index in [1.165, 1.54) is 0 Å². The van der Waals surface area contributed by atoms with E-state index in [0.717, 1.165) is 6.21 Å². The Morgan fingerprint density at radius 1 is 1.00 bits per heavy atom. The Morgan fingerprint density at radius 2 is 1.56 bits per heavy atom. The number of ether oxygens (including phenoxy) is 1. The SMILES string of the molecule is CC(C)Oc1ccc(Br)cc1/C=N/Nc1c(F)c(F)c(F)c(F)c1F. The zero-order valence-corrected chi connectivity index (χ0v) is 14.6. The van der Waals surface area contributed by atoms with E-state index in [-0.39, 0.29) is 6.10 Å². The number of hydrogen-bond acceptors (Lipinski definition) is 3. The number of nitrogens with one attached hydrogen (secondary N) is 1. The second kappa shape index (κ2) is 7.81. The normalized spacial score (nSPS) is 11.4. The zero-order valence-electron chi connectivity index (χ0n) is 13.0. The van der Waals surface area contributed by atoms with Crippen molar-refractivity contribution >= 4 is 27.8 Å². The minimum Gasteiger partial charge on any atom is -0.490 e. The van der Waals surface area contributed by atoms with Crippen LogP contribution in [0.1, 0.15) is 19.4 Å². The number of hydrazone groups is 1. The van der Waals surface area contributed by atoms with Crippen molar-refractivity contribution in [3.05, 3.63) is 57.3 Å². The van der Waals surface area contributed by atoms with Crippen molar-refractivity contribution < 1.29 is 26.7 Å². The molecule has 0 aliphatic carbocycles. The molecule has 0 saturated heterocycles. The van der Waals surface area contributed by atoms with E-state index >= 15 is 0 Å². The molecular formula is C16H12BrF5N2O. The molecule has 0 aliphatic heterocycles. The van der Waals surface area contributed by atoms with Crippen LogP contribution in [0, 0.1) is 29.1 Å². The average molecular weight is 423 g/mol. The molecule has 0 heterocycles. The van der Waals surface area contributed by atoms with Gasteiger partial charge in [-0.3, -0.25) is 5.43 Å². The topological polar surface area (TPSA) is 33.6 Å². The molecule has 0 radical (unpaired) electrons. The average Bonchev–Trinajstić information content (AvgIpc) is 2.56. The molecule has 0 aliphatic rings. The Labute approximate surface area is 148 Å². The zero-order chi connectivity index (χ0) is 18.7. The summed E-state index contributed by atoms with van der Waals surface area (Å²) in [6.07, 6.45) is 0.997. The highest BCUT2D eigenvalue weighted by atomic mass is 79.9. The van der Waals surface area contributed by atoms with Crippen molar-refractivity contribution in [1.29, 1.82) is 0 Å². The summed E-state index contributed by atoms with van der Waals surface area (Å²) in [4.78, 5) is 0. The Hall–Kier alpha value is -2.16. The second-order valence-electron chi connectivity index (χ2n) is 5.16. The van der Waals surface area contributed by atoms with Gasteiger partial charge in [0.1, 0.15) is 11.4 Å². The van der Waals surface area contributed by atoms with Gasteiger partial charge in [0, 0.05) is 10.0 Å². The van der Waals surface area contributed by atoms with Crippen molar-refractivity contribution in [2.75, 3.05) is 5.43 Å². The number of nitrogens with zero attached hydrogens (tertiary/aromatic N) is 1. The molecule has 0 unspecified atom stereocenters.